The molecule has 0 aliphatic heterocycles. The fourth-order valence-electron chi connectivity index (χ4n) is 3.06. The lowest BCUT2D eigenvalue weighted by atomic mass is 9.83. The van der Waals surface area contributed by atoms with Crippen LogP contribution in [0.5, 0.6) is 0 Å². The van der Waals surface area contributed by atoms with Crippen LogP contribution in [0.1, 0.15) is 65.6 Å². The maximum absolute atomic E-state index is 12.1. The van der Waals surface area contributed by atoms with Crippen molar-refractivity contribution in [2.75, 3.05) is 6.61 Å². The Hall–Kier alpha value is -1.87. The van der Waals surface area contributed by atoms with Crippen molar-refractivity contribution in [1.29, 1.82) is 5.26 Å². The summed E-state index contributed by atoms with van der Waals surface area (Å²) >= 11 is 1.39. The highest BCUT2D eigenvalue weighted by molar-refractivity contribution is 7.14. The van der Waals surface area contributed by atoms with Gasteiger partial charge in [-0.3, -0.25) is 4.79 Å². The van der Waals surface area contributed by atoms with Gasteiger partial charge in [-0.2, -0.15) is 5.26 Å². The molecule has 1 aromatic rings. The second kappa shape index (κ2) is 8.29. The Morgan fingerprint density at radius 2 is 2.08 bits per heavy atom. The molecule has 1 heterocycles. The van der Waals surface area contributed by atoms with Crippen LogP contribution in [0.2, 0.25) is 0 Å². The predicted molar refractivity (Wildman–Crippen MR) is 92.9 cm³/mol. The molecule has 1 aliphatic carbocycles. The van der Waals surface area contributed by atoms with Crippen LogP contribution in [0, 0.1) is 18.3 Å². The van der Waals surface area contributed by atoms with E-state index in [1.165, 1.54) is 11.3 Å². The van der Waals surface area contributed by atoms with Gasteiger partial charge in [0, 0.05) is 4.88 Å². The van der Waals surface area contributed by atoms with Crippen molar-refractivity contribution in [3.63, 3.8) is 0 Å². The molecule has 0 aromatic carbocycles. The molecule has 0 spiro atoms. The predicted octanol–water partition coefficient (Wildman–Crippen LogP) is 3.51. The number of carbonyl (C=O) groups is 2. The van der Waals surface area contributed by atoms with Gasteiger partial charge in [-0.15, -0.1) is 11.3 Å². The molecule has 1 N–H and O–H groups in total. The van der Waals surface area contributed by atoms with Crippen LogP contribution in [0.3, 0.4) is 0 Å². The number of esters is 1. The molecule has 0 radical (unpaired) electrons. The van der Waals surface area contributed by atoms with Gasteiger partial charge < -0.3 is 10.1 Å². The van der Waals surface area contributed by atoms with E-state index in [0.29, 0.717) is 17.7 Å². The summed E-state index contributed by atoms with van der Waals surface area (Å²) in [5.41, 5.74) is 0.361. The highest BCUT2D eigenvalue weighted by Crippen LogP contribution is 2.27. The fourth-order valence-corrected chi connectivity index (χ4v) is 4.03. The maximum Gasteiger partial charge on any atom is 0.348 e. The zero-order valence-corrected chi connectivity index (χ0v) is 15.1. The number of carbonyl (C=O) groups excluding carboxylic acids is 2. The first-order chi connectivity index (χ1) is 11.5. The molecule has 130 valence electrons. The first kappa shape index (κ1) is 18.5. The summed E-state index contributed by atoms with van der Waals surface area (Å²) in [7, 11) is 0. The molecule has 24 heavy (non-hydrogen) atoms. The Morgan fingerprint density at radius 1 is 1.38 bits per heavy atom. The van der Waals surface area contributed by atoms with Gasteiger partial charge in [0.2, 0.25) is 0 Å². The lowest BCUT2D eigenvalue weighted by Crippen LogP contribution is -2.50. The largest absolute Gasteiger partial charge is 0.451 e. The molecule has 1 amide bonds. The molecule has 0 bridgehead atoms. The summed E-state index contributed by atoms with van der Waals surface area (Å²) in [4.78, 5) is 25.8. The van der Waals surface area contributed by atoms with Gasteiger partial charge >= 0.3 is 5.97 Å². The molecule has 5 nitrogen and oxygen atoms in total. The smallest absolute Gasteiger partial charge is 0.348 e. The molecule has 1 aliphatic rings. The number of nitriles is 1. The van der Waals surface area contributed by atoms with Crippen molar-refractivity contribution < 1.29 is 14.3 Å². The number of ether oxygens (including phenoxy) is 1. The second-order valence-electron chi connectivity index (χ2n) is 6.32. The summed E-state index contributed by atoms with van der Waals surface area (Å²) in [6.07, 6.45) is 6.23. The SMILES string of the molecule is CCCc1cc(C(=O)OCC(=O)NC2(C#N)CCCCC2)sc1C. The van der Waals surface area contributed by atoms with Crippen molar-refractivity contribution in [1.82, 2.24) is 5.32 Å². The normalized spacial score (nSPS) is 16.2. The fraction of sp³-hybridized carbons (Fsp3) is 0.611. The summed E-state index contributed by atoms with van der Waals surface area (Å²) in [6, 6.07) is 4.07. The number of aryl methyl sites for hydroxylation is 2. The van der Waals surface area contributed by atoms with Crippen molar-refractivity contribution in [2.24, 2.45) is 0 Å². The third-order valence-corrected chi connectivity index (χ3v) is 5.45. The number of thiophene rings is 1. The van der Waals surface area contributed by atoms with Crippen LogP contribution in [-0.4, -0.2) is 24.0 Å². The van der Waals surface area contributed by atoms with E-state index in [0.717, 1.165) is 42.5 Å². The van der Waals surface area contributed by atoms with Crippen molar-refractivity contribution in [2.45, 2.75) is 64.3 Å². The van der Waals surface area contributed by atoms with Crippen LogP contribution >= 0.6 is 11.3 Å². The van der Waals surface area contributed by atoms with Gasteiger partial charge in [-0.1, -0.05) is 32.6 Å². The minimum absolute atomic E-state index is 0.345. The molecule has 1 aromatic heterocycles. The van der Waals surface area contributed by atoms with Gasteiger partial charge in [0.05, 0.1) is 6.07 Å². The molecule has 0 saturated heterocycles. The number of amides is 1. The van der Waals surface area contributed by atoms with E-state index in [1.54, 1.807) is 0 Å². The van der Waals surface area contributed by atoms with Crippen LogP contribution in [0.25, 0.3) is 0 Å². The molecule has 0 unspecified atom stereocenters. The van der Waals surface area contributed by atoms with Crippen LogP contribution < -0.4 is 5.32 Å². The van der Waals surface area contributed by atoms with Crippen molar-refractivity contribution in [3.05, 3.63) is 21.4 Å². The Balaban J connectivity index is 1.88. The second-order valence-corrected chi connectivity index (χ2v) is 7.58. The van der Waals surface area contributed by atoms with E-state index in [1.807, 2.05) is 13.0 Å². The van der Waals surface area contributed by atoms with E-state index in [-0.39, 0.29) is 6.61 Å². The zero-order valence-electron chi connectivity index (χ0n) is 14.3. The average Bonchev–Trinajstić information content (AvgIpc) is 2.95. The minimum atomic E-state index is -0.796. The van der Waals surface area contributed by atoms with Gasteiger partial charge in [0.25, 0.3) is 5.91 Å². The van der Waals surface area contributed by atoms with E-state index < -0.39 is 17.4 Å². The van der Waals surface area contributed by atoms with Crippen LogP contribution in [0.4, 0.5) is 0 Å². The van der Waals surface area contributed by atoms with Crippen LogP contribution in [-0.2, 0) is 16.0 Å². The molecular weight excluding hydrogens is 324 g/mol. The Morgan fingerprint density at radius 3 is 2.71 bits per heavy atom. The maximum atomic E-state index is 12.1. The van der Waals surface area contributed by atoms with E-state index >= 15 is 0 Å². The average molecular weight is 348 g/mol. The first-order valence-electron chi connectivity index (χ1n) is 8.48. The standard InChI is InChI=1S/C18H24N2O3S/c1-3-7-14-10-15(24-13(14)2)17(22)23-11-16(21)20-18(12-19)8-5-4-6-9-18/h10H,3-9,11H2,1-2H3,(H,20,21). The molecule has 1 fully saturated rings. The monoisotopic (exact) mass is 348 g/mol. The summed E-state index contributed by atoms with van der Waals surface area (Å²) < 4.78 is 5.12. The first-order valence-corrected chi connectivity index (χ1v) is 9.30. The van der Waals surface area contributed by atoms with Crippen molar-refractivity contribution in [3.8, 4) is 6.07 Å². The topological polar surface area (TPSA) is 79.2 Å². The Kier molecular flexibility index (Phi) is 6.38. The van der Waals surface area contributed by atoms with Crippen LogP contribution in [0.15, 0.2) is 6.07 Å². The highest BCUT2D eigenvalue weighted by atomic mass is 32.1. The number of nitrogens with one attached hydrogen (secondary N) is 1. The third kappa shape index (κ3) is 4.57. The van der Waals surface area contributed by atoms with E-state index in [9.17, 15) is 14.9 Å². The van der Waals surface area contributed by atoms with Crippen molar-refractivity contribution >= 4 is 23.2 Å². The third-order valence-electron chi connectivity index (χ3n) is 4.38. The summed E-state index contributed by atoms with van der Waals surface area (Å²) in [6.45, 7) is 3.73. The highest BCUT2D eigenvalue weighted by Gasteiger charge is 2.33. The number of nitrogens with zero attached hydrogens (tertiary/aromatic N) is 1. The molecular formula is C18H24N2O3S. The van der Waals surface area contributed by atoms with E-state index in [4.69, 9.17) is 4.74 Å². The number of rotatable bonds is 6. The number of hydrogen-bond acceptors (Lipinski definition) is 5. The minimum Gasteiger partial charge on any atom is -0.451 e. The van der Waals surface area contributed by atoms with Gasteiger partial charge in [0.1, 0.15) is 10.4 Å². The number of hydrogen-bond donors (Lipinski definition) is 1. The molecule has 2 rings (SSSR count). The Labute approximate surface area is 147 Å². The summed E-state index contributed by atoms with van der Waals surface area (Å²) in [5.74, 6) is -0.885. The molecule has 6 heteroatoms. The van der Waals surface area contributed by atoms with Gasteiger partial charge in [0.15, 0.2) is 6.61 Å². The molecule has 0 atom stereocenters. The lowest BCUT2D eigenvalue weighted by molar-refractivity contribution is -0.125. The lowest BCUT2D eigenvalue weighted by Gasteiger charge is -2.31. The quantitative estimate of drug-likeness (QED) is 0.798. The van der Waals surface area contributed by atoms with E-state index in [2.05, 4.69) is 18.3 Å². The van der Waals surface area contributed by atoms with Gasteiger partial charge in [-0.25, -0.2) is 4.79 Å². The zero-order chi connectivity index (χ0) is 17.6. The Bertz CT molecular complexity index is 639. The van der Waals surface area contributed by atoms with Gasteiger partial charge in [-0.05, 0) is 37.8 Å². The molecule has 1 saturated carbocycles. The summed E-state index contributed by atoms with van der Waals surface area (Å²) in [5, 5.41) is 12.1.